The summed E-state index contributed by atoms with van der Waals surface area (Å²) in [5.74, 6) is 1.25. The number of rotatable bonds is 4. The van der Waals surface area contributed by atoms with Gasteiger partial charge in [0.25, 0.3) is 5.56 Å². The van der Waals surface area contributed by atoms with Crippen LogP contribution in [-0.2, 0) is 0 Å². The molecule has 0 saturated carbocycles. The molecular formula is C13H12N4O5. The molecular weight excluding hydrogens is 292 g/mol. The maximum absolute atomic E-state index is 12.1. The van der Waals surface area contributed by atoms with Gasteiger partial charge >= 0.3 is 0 Å². The molecule has 9 nitrogen and oxygen atoms in total. The van der Waals surface area contributed by atoms with E-state index in [-0.39, 0.29) is 17.0 Å². The second kappa shape index (κ2) is 5.35. The first kappa shape index (κ1) is 13.9. The number of benzene rings is 1. The van der Waals surface area contributed by atoms with E-state index in [0.29, 0.717) is 22.8 Å². The van der Waals surface area contributed by atoms with Gasteiger partial charge in [-0.15, -0.1) is 0 Å². The third kappa shape index (κ3) is 2.12. The van der Waals surface area contributed by atoms with Gasteiger partial charge in [0.05, 0.1) is 21.3 Å². The normalized spacial score (nSPS) is 10.7. The van der Waals surface area contributed by atoms with E-state index in [9.17, 15) is 4.79 Å². The van der Waals surface area contributed by atoms with Crippen LogP contribution >= 0.6 is 0 Å². The molecule has 0 aliphatic carbocycles. The molecule has 0 saturated heterocycles. The molecule has 0 bridgehead atoms. The van der Waals surface area contributed by atoms with Crippen molar-refractivity contribution in [2.24, 2.45) is 0 Å². The molecule has 22 heavy (non-hydrogen) atoms. The second-order valence-corrected chi connectivity index (χ2v) is 4.26. The highest BCUT2D eigenvalue weighted by molar-refractivity contribution is 5.72. The Morgan fingerprint density at radius 2 is 1.73 bits per heavy atom. The van der Waals surface area contributed by atoms with Gasteiger partial charge in [0.2, 0.25) is 17.0 Å². The van der Waals surface area contributed by atoms with Crippen LogP contribution in [0, 0.1) is 0 Å². The number of H-pyrrole nitrogens is 1. The highest BCUT2D eigenvalue weighted by Crippen LogP contribution is 2.40. The fourth-order valence-corrected chi connectivity index (χ4v) is 2.07. The van der Waals surface area contributed by atoms with Gasteiger partial charge in [-0.3, -0.25) is 9.78 Å². The van der Waals surface area contributed by atoms with Crippen molar-refractivity contribution in [1.82, 2.24) is 20.3 Å². The summed E-state index contributed by atoms with van der Waals surface area (Å²) in [4.78, 5) is 18.8. The first-order valence-corrected chi connectivity index (χ1v) is 6.21. The number of hydrogen-bond acceptors (Lipinski definition) is 8. The summed E-state index contributed by atoms with van der Waals surface area (Å²) in [5, 5.41) is 7.15. The van der Waals surface area contributed by atoms with Gasteiger partial charge < -0.3 is 14.2 Å². The predicted octanol–water partition coefficient (Wildman–Crippen LogP) is 0.999. The average molecular weight is 304 g/mol. The van der Waals surface area contributed by atoms with Crippen LogP contribution in [0.15, 0.2) is 21.6 Å². The van der Waals surface area contributed by atoms with E-state index in [0.717, 1.165) is 0 Å². The SMILES string of the molecule is COc1cc(-c2nc3nonc3[nH]c2=O)cc(OC)c1OC. The van der Waals surface area contributed by atoms with Crippen LogP contribution in [0.5, 0.6) is 17.2 Å². The van der Waals surface area contributed by atoms with Crippen LogP contribution in [-0.4, -0.2) is 41.6 Å². The number of aromatic amines is 1. The molecule has 0 atom stereocenters. The molecule has 0 amide bonds. The summed E-state index contributed by atoms with van der Waals surface area (Å²) in [7, 11) is 4.48. The molecule has 0 aliphatic heterocycles. The maximum atomic E-state index is 12.1. The second-order valence-electron chi connectivity index (χ2n) is 4.26. The Bertz CT molecular complexity index is 861. The third-order valence-electron chi connectivity index (χ3n) is 3.07. The molecule has 0 radical (unpaired) electrons. The molecule has 3 aromatic rings. The minimum Gasteiger partial charge on any atom is -0.493 e. The van der Waals surface area contributed by atoms with Gasteiger partial charge in [-0.2, -0.15) is 0 Å². The van der Waals surface area contributed by atoms with Crippen molar-refractivity contribution in [1.29, 1.82) is 0 Å². The summed E-state index contributed by atoms with van der Waals surface area (Å²) < 4.78 is 20.3. The predicted molar refractivity (Wildman–Crippen MR) is 75.3 cm³/mol. The first-order valence-electron chi connectivity index (χ1n) is 6.21. The Balaban J connectivity index is 2.25. The van der Waals surface area contributed by atoms with E-state index >= 15 is 0 Å². The Labute approximate surface area is 123 Å². The van der Waals surface area contributed by atoms with Crippen LogP contribution in [0.2, 0.25) is 0 Å². The number of nitrogens with zero attached hydrogens (tertiary/aromatic N) is 3. The first-order chi connectivity index (χ1) is 10.7. The van der Waals surface area contributed by atoms with Crippen LogP contribution in [0.1, 0.15) is 0 Å². The number of fused-ring (bicyclic) bond motifs is 1. The lowest BCUT2D eigenvalue weighted by Gasteiger charge is -2.13. The van der Waals surface area contributed by atoms with Gasteiger partial charge in [-0.1, -0.05) is 0 Å². The Morgan fingerprint density at radius 3 is 2.32 bits per heavy atom. The molecule has 2 aromatic heterocycles. The lowest BCUT2D eigenvalue weighted by atomic mass is 10.1. The lowest BCUT2D eigenvalue weighted by Crippen LogP contribution is -2.11. The molecule has 0 aliphatic rings. The standard InChI is InChI=1S/C13H12N4O5/c1-19-7-4-6(5-8(20-2)10(7)21-3)9-13(18)15-12-11(14-9)16-22-17-12/h4-5H,1-3H3,(H,15,17,18). The molecule has 114 valence electrons. The minimum atomic E-state index is -0.433. The van der Waals surface area contributed by atoms with E-state index in [1.807, 2.05) is 0 Å². The molecule has 9 heteroatoms. The van der Waals surface area contributed by atoms with E-state index < -0.39 is 5.56 Å². The quantitative estimate of drug-likeness (QED) is 0.759. The van der Waals surface area contributed by atoms with Gasteiger partial charge in [0, 0.05) is 5.56 Å². The number of ether oxygens (including phenoxy) is 3. The van der Waals surface area contributed by atoms with Gasteiger partial charge in [0.15, 0.2) is 11.5 Å². The number of nitrogens with one attached hydrogen (secondary N) is 1. The van der Waals surface area contributed by atoms with E-state index in [2.05, 4.69) is 24.9 Å². The fourth-order valence-electron chi connectivity index (χ4n) is 2.07. The van der Waals surface area contributed by atoms with Crippen molar-refractivity contribution < 1.29 is 18.8 Å². The molecule has 0 unspecified atom stereocenters. The zero-order valence-electron chi connectivity index (χ0n) is 12.0. The van der Waals surface area contributed by atoms with Crippen molar-refractivity contribution >= 4 is 11.3 Å². The zero-order chi connectivity index (χ0) is 15.7. The Kier molecular flexibility index (Phi) is 3.37. The van der Waals surface area contributed by atoms with Gasteiger partial charge in [0.1, 0.15) is 5.69 Å². The maximum Gasteiger partial charge on any atom is 0.276 e. The molecule has 3 rings (SSSR count). The molecule has 0 spiro atoms. The smallest absolute Gasteiger partial charge is 0.276 e. The summed E-state index contributed by atoms with van der Waals surface area (Å²) >= 11 is 0. The van der Waals surface area contributed by atoms with Crippen molar-refractivity contribution in [3.8, 4) is 28.5 Å². The summed E-state index contributed by atoms with van der Waals surface area (Å²) in [6.45, 7) is 0. The van der Waals surface area contributed by atoms with E-state index in [1.54, 1.807) is 12.1 Å². The van der Waals surface area contributed by atoms with Crippen molar-refractivity contribution in [2.45, 2.75) is 0 Å². The van der Waals surface area contributed by atoms with Crippen LogP contribution in [0.3, 0.4) is 0 Å². The summed E-state index contributed by atoms with van der Waals surface area (Å²) in [6, 6.07) is 3.25. The van der Waals surface area contributed by atoms with Crippen LogP contribution in [0.4, 0.5) is 0 Å². The third-order valence-corrected chi connectivity index (χ3v) is 3.07. The number of hydrogen-bond donors (Lipinski definition) is 1. The van der Waals surface area contributed by atoms with E-state index in [1.165, 1.54) is 21.3 Å². The van der Waals surface area contributed by atoms with Crippen LogP contribution in [0.25, 0.3) is 22.6 Å². The molecule has 2 heterocycles. The summed E-state index contributed by atoms with van der Waals surface area (Å²) in [6.07, 6.45) is 0. The number of methoxy groups -OCH3 is 3. The Hall–Kier alpha value is -3.10. The van der Waals surface area contributed by atoms with Crippen LogP contribution < -0.4 is 19.8 Å². The minimum absolute atomic E-state index is 0.141. The highest BCUT2D eigenvalue weighted by atomic mass is 16.6. The highest BCUT2D eigenvalue weighted by Gasteiger charge is 2.17. The molecule has 0 fully saturated rings. The van der Waals surface area contributed by atoms with Crippen molar-refractivity contribution in [2.75, 3.05) is 21.3 Å². The Morgan fingerprint density at radius 1 is 1.05 bits per heavy atom. The monoisotopic (exact) mass is 304 g/mol. The van der Waals surface area contributed by atoms with Gasteiger partial charge in [-0.25, -0.2) is 9.61 Å². The van der Waals surface area contributed by atoms with E-state index in [4.69, 9.17) is 14.2 Å². The lowest BCUT2D eigenvalue weighted by molar-refractivity contribution is 0.314. The fraction of sp³-hybridized carbons (Fsp3) is 0.231. The van der Waals surface area contributed by atoms with Gasteiger partial charge in [-0.05, 0) is 22.4 Å². The topological polar surface area (TPSA) is 112 Å². The molecule has 1 aromatic carbocycles. The zero-order valence-corrected chi connectivity index (χ0v) is 12.0. The largest absolute Gasteiger partial charge is 0.493 e. The number of aromatic nitrogens is 4. The van der Waals surface area contributed by atoms with Crippen molar-refractivity contribution in [3.63, 3.8) is 0 Å². The summed E-state index contributed by atoms with van der Waals surface area (Å²) in [5.41, 5.74) is 0.574. The van der Waals surface area contributed by atoms with Crippen molar-refractivity contribution in [3.05, 3.63) is 22.5 Å². The average Bonchev–Trinajstić information content (AvgIpc) is 2.99. The molecule has 1 N–H and O–H groups in total.